The molecular formula is C21H26O3. The molecule has 0 aromatic heterocycles. The fourth-order valence-electron chi connectivity index (χ4n) is 2.87. The van der Waals surface area contributed by atoms with E-state index < -0.39 is 11.2 Å². The highest BCUT2D eigenvalue weighted by Crippen LogP contribution is 2.23. The summed E-state index contributed by atoms with van der Waals surface area (Å²) < 4.78 is 0. The number of carbonyl (C=O) groups excluding carboxylic acids is 1. The van der Waals surface area contributed by atoms with Gasteiger partial charge in [-0.3, -0.25) is 4.79 Å². The maximum Gasteiger partial charge on any atom is 0.193 e. The minimum Gasteiger partial charge on any atom is -0.390 e. The van der Waals surface area contributed by atoms with Crippen molar-refractivity contribution in [1.82, 2.24) is 0 Å². The van der Waals surface area contributed by atoms with Crippen LogP contribution in [0.1, 0.15) is 54.7 Å². The topological polar surface area (TPSA) is 57.5 Å². The lowest BCUT2D eigenvalue weighted by Crippen LogP contribution is -2.25. The molecule has 2 rings (SSSR count). The van der Waals surface area contributed by atoms with Crippen LogP contribution in [0.3, 0.4) is 0 Å². The summed E-state index contributed by atoms with van der Waals surface area (Å²) in [6, 6.07) is 14.8. The van der Waals surface area contributed by atoms with Crippen LogP contribution in [0.5, 0.6) is 0 Å². The average molecular weight is 326 g/mol. The van der Waals surface area contributed by atoms with Crippen molar-refractivity contribution in [3.63, 3.8) is 0 Å². The third kappa shape index (κ3) is 5.02. The molecule has 0 fully saturated rings. The summed E-state index contributed by atoms with van der Waals surface area (Å²) in [7, 11) is 0. The largest absolute Gasteiger partial charge is 0.390 e. The summed E-state index contributed by atoms with van der Waals surface area (Å²) in [4.78, 5) is 13.1. The SMILES string of the molecule is CC(C)(O)Cc1ccccc1C(=O)c1ccccc1CC(C)(C)O. The number of hydrogen-bond acceptors (Lipinski definition) is 3. The standard InChI is InChI=1S/C21H26O3/c1-20(2,23)13-15-9-5-7-11-17(15)19(22)18-12-8-6-10-16(18)14-21(3,4)24/h5-12,23-24H,13-14H2,1-4H3. The molecule has 2 aromatic carbocycles. The van der Waals surface area contributed by atoms with Crippen molar-refractivity contribution >= 4 is 5.78 Å². The maximum atomic E-state index is 13.1. The lowest BCUT2D eigenvalue weighted by atomic mass is 9.87. The Morgan fingerprint density at radius 2 is 1.08 bits per heavy atom. The van der Waals surface area contributed by atoms with E-state index in [0.717, 1.165) is 11.1 Å². The first kappa shape index (κ1) is 18.4. The van der Waals surface area contributed by atoms with Gasteiger partial charge in [-0.05, 0) is 38.8 Å². The highest BCUT2D eigenvalue weighted by Gasteiger charge is 2.23. The quantitative estimate of drug-likeness (QED) is 0.798. The third-order valence-electron chi connectivity index (χ3n) is 3.77. The number of rotatable bonds is 6. The van der Waals surface area contributed by atoms with Crippen molar-refractivity contribution < 1.29 is 15.0 Å². The van der Waals surface area contributed by atoms with Crippen LogP contribution in [0.4, 0.5) is 0 Å². The van der Waals surface area contributed by atoms with Gasteiger partial charge in [0.25, 0.3) is 0 Å². The molecule has 0 unspecified atom stereocenters. The number of hydrogen-bond donors (Lipinski definition) is 2. The molecule has 2 aromatic rings. The molecule has 3 heteroatoms. The molecule has 24 heavy (non-hydrogen) atoms. The van der Waals surface area contributed by atoms with Crippen LogP contribution < -0.4 is 0 Å². The van der Waals surface area contributed by atoms with Crippen LogP contribution in [-0.4, -0.2) is 27.2 Å². The summed E-state index contributed by atoms with van der Waals surface area (Å²) >= 11 is 0. The van der Waals surface area contributed by atoms with E-state index in [0.29, 0.717) is 24.0 Å². The first-order valence-electron chi connectivity index (χ1n) is 8.22. The lowest BCUT2D eigenvalue weighted by molar-refractivity contribution is 0.0804. The summed E-state index contributed by atoms with van der Waals surface area (Å²) in [5, 5.41) is 20.2. The van der Waals surface area contributed by atoms with Crippen molar-refractivity contribution in [3.8, 4) is 0 Å². The van der Waals surface area contributed by atoms with E-state index in [9.17, 15) is 15.0 Å². The fourth-order valence-corrected chi connectivity index (χ4v) is 2.87. The van der Waals surface area contributed by atoms with E-state index in [4.69, 9.17) is 0 Å². The Labute approximate surface area is 144 Å². The molecule has 0 aliphatic rings. The molecule has 0 spiro atoms. The summed E-state index contributed by atoms with van der Waals surface area (Å²) in [6.45, 7) is 6.93. The molecule has 3 nitrogen and oxygen atoms in total. The van der Waals surface area contributed by atoms with Crippen molar-refractivity contribution in [2.75, 3.05) is 0 Å². The first-order chi connectivity index (χ1) is 11.1. The van der Waals surface area contributed by atoms with Crippen LogP contribution in [0.2, 0.25) is 0 Å². The molecule has 0 bridgehead atoms. The number of benzene rings is 2. The molecule has 0 saturated heterocycles. The first-order valence-corrected chi connectivity index (χ1v) is 8.22. The minimum absolute atomic E-state index is 0.0744. The molecule has 0 radical (unpaired) electrons. The van der Waals surface area contributed by atoms with Gasteiger partial charge in [-0.25, -0.2) is 0 Å². The van der Waals surface area contributed by atoms with Crippen LogP contribution in [0.25, 0.3) is 0 Å². The molecule has 0 amide bonds. The van der Waals surface area contributed by atoms with Gasteiger partial charge in [-0.1, -0.05) is 48.5 Å². The van der Waals surface area contributed by atoms with Gasteiger partial charge >= 0.3 is 0 Å². The van der Waals surface area contributed by atoms with Crippen molar-refractivity contribution in [2.45, 2.75) is 51.7 Å². The zero-order valence-electron chi connectivity index (χ0n) is 14.8. The second-order valence-electron chi connectivity index (χ2n) is 7.62. The summed E-state index contributed by atoms with van der Waals surface area (Å²) in [5.74, 6) is -0.0744. The zero-order valence-corrected chi connectivity index (χ0v) is 14.8. The van der Waals surface area contributed by atoms with Gasteiger partial charge < -0.3 is 10.2 Å². The van der Waals surface area contributed by atoms with E-state index in [2.05, 4.69) is 0 Å². The molecule has 0 heterocycles. The van der Waals surface area contributed by atoms with Gasteiger partial charge in [0.1, 0.15) is 0 Å². The van der Waals surface area contributed by atoms with E-state index in [1.54, 1.807) is 39.8 Å². The van der Waals surface area contributed by atoms with Crippen LogP contribution in [0, 0.1) is 0 Å². The van der Waals surface area contributed by atoms with Gasteiger partial charge in [0, 0.05) is 24.0 Å². The van der Waals surface area contributed by atoms with E-state index in [-0.39, 0.29) is 5.78 Å². The van der Waals surface area contributed by atoms with Crippen LogP contribution in [0.15, 0.2) is 48.5 Å². The predicted octanol–water partition coefficient (Wildman–Crippen LogP) is 3.54. The van der Waals surface area contributed by atoms with E-state index in [1.807, 2.05) is 36.4 Å². The van der Waals surface area contributed by atoms with Gasteiger partial charge in [-0.2, -0.15) is 0 Å². The smallest absolute Gasteiger partial charge is 0.193 e. The zero-order chi connectivity index (χ0) is 18.0. The Bertz CT molecular complexity index is 657. The second-order valence-corrected chi connectivity index (χ2v) is 7.62. The fraction of sp³-hybridized carbons (Fsp3) is 0.381. The lowest BCUT2D eigenvalue weighted by Gasteiger charge is -2.21. The number of ketones is 1. The maximum absolute atomic E-state index is 13.1. The highest BCUT2D eigenvalue weighted by molar-refractivity contribution is 6.10. The molecule has 2 N–H and O–H groups in total. The predicted molar refractivity (Wildman–Crippen MR) is 96.3 cm³/mol. The Kier molecular flexibility index (Phi) is 5.26. The van der Waals surface area contributed by atoms with Gasteiger partial charge in [0.15, 0.2) is 5.78 Å². The Morgan fingerprint density at radius 1 is 0.750 bits per heavy atom. The number of carbonyl (C=O) groups is 1. The molecule has 0 atom stereocenters. The van der Waals surface area contributed by atoms with Crippen molar-refractivity contribution in [2.24, 2.45) is 0 Å². The average Bonchev–Trinajstić information content (AvgIpc) is 2.44. The molecule has 0 aliphatic heterocycles. The molecule has 0 aliphatic carbocycles. The van der Waals surface area contributed by atoms with Crippen LogP contribution >= 0.6 is 0 Å². The van der Waals surface area contributed by atoms with Crippen molar-refractivity contribution in [3.05, 3.63) is 70.8 Å². The van der Waals surface area contributed by atoms with Crippen molar-refractivity contribution in [1.29, 1.82) is 0 Å². The van der Waals surface area contributed by atoms with Crippen LogP contribution in [-0.2, 0) is 12.8 Å². The molecular weight excluding hydrogens is 300 g/mol. The van der Waals surface area contributed by atoms with Gasteiger partial charge in [-0.15, -0.1) is 0 Å². The highest BCUT2D eigenvalue weighted by atomic mass is 16.3. The second kappa shape index (κ2) is 6.88. The third-order valence-corrected chi connectivity index (χ3v) is 3.77. The molecule has 0 saturated carbocycles. The molecule has 128 valence electrons. The monoisotopic (exact) mass is 326 g/mol. The van der Waals surface area contributed by atoms with Gasteiger partial charge in [0.2, 0.25) is 0 Å². The Morgan fingerprint density at radius 3 is 1.42 bits per heavy atom. The van der Waals surface area contributed by atoms with E-state index in [1.165, 1.54) is 0 Å². The normalized spacial score (nSPS) is 12.2. The Balaban J connectivity index is 2.44. The van der Waals surface area contributed by atoms with Gasteiger partial charge in [0.05, 0.1) is 11.2 Å². The van der Waals surface area contributed by atoms with E-state index >= 15 is 0 Å². The summed E-state index contributed by atoms with van der Waals surface area (Å²) in [6.07, 6.45) is 0.811. The Hall–Kier alpha value is -1.97. The summed E-state index contributed by atoms with van der Waals surface area (Å²) in [5.41, 5.74) is 1.08. The minimum atomic E-state index is -0.886. The number of aliphatic hydroxyl groups is 2.